The van der Waals surface area contributed by atoms with Crippen molar-refractivity contribution < 1.29 is 4.79 Å². The molecule has 0 bridgehead atoms. The lowest BCUT2D eigenvalue weighted by molar-refractivity contribution is 0.247. The van der Waals surface area contributed by atoms with Gasteiger partial charge in [-0.15, -0.1) is 0 Å². The second kappa shape index (κ2) is 3.47. The van der Waals surface area contributed by atoms with Crippen LogP contribution in [0.1, 0.15) is 18.2 Å². The summed E-state index contributed by atoms with van der Waals surface area (Å²) in [4.78, 5) is 12.4. The highest BCUT2D eigenvalue weighted by Gasteiger charge is 2.10. The van der Waals surface area contributed by atoms with Crippen LogP contribution >= 0.6 is 0 Å². The van der Waals surface area contributed by atoms with Gasteiger partial charge in [-0.1, -0.05) is 0 Å². The Morgan fingerprint density at radius 3 is 2.62 bits per heavy atom. The zero-order valence-electron chi connectivity index (χ0n) is 8.11. The normalized spacial score (nSPS) is 10.1. The van der Waals surface area contributed by atoms with E-state index in [4.69, 9.17) is 5.73 Å². The average molecular weight is 182 g/mol. The van der Waals surface area contributed by atoms with Crippen molar-refractivity contribution in [3.8, 4) is 0 Å². The highest BCUT2D eigenvalue weighted by molar-refractivity contribution is 5.82. The monoisotopic (exact) mass is 182 g/mol. The van der Waals surface area contributed by atoms with E-state index in [0.29, 0.717) is 6.54 Å². The van der Waals surface area contributed by atoms with Gasteiger partial charge in [0.2, 0.25) is 0 Å². The van der Waals surface area contributed by atoms with Crippen LogP contribution in [-0.2, 0) is 0 Å². The van der Waals surface area contributed by atoms with Crippen LogP contribution in [0, 0.1) is 13.8 Å². The van der Waals surface area contributed by atoms with E-state index in [9.17, 15) is 4.79 Å². The summed E-state index contributed by atoms with van der Waals surface area (Å²) < 4.78 is 0. The number of hydrogen-bond donors (Lipinski definition) is 1. The number of hydrogen-bond acceptors (Lipinski definition) is 2. The summed E-state index contributed by atoms with van der Waals surface area (Å²) in [5.74, 6) is 0. The number of aromatic nitrogens is 2. The molecule has 0 aliphatic carbocycles. The van der Waals surface area contributed by atoms with Crippen LogP contribution in [0.15, 0.2) is 6.20 Å². The molecule has 1 rings (SSSR count). The van der Waals surface area contributed by atoms with Crippen molar-refractivity contribution in [2.75, 3.05) is 11.6 Å². The number of carbonyl (C=O) groups excluding carboxylic acids is 1. The lowest BCUT2D eigenvalue weighted by Crippen LogP contribution is -2.44. The van der Waals surface area contributed by atoms with Gasteiger partial charge in [0.05, 0.1) is 11.9 Å². The Morgan fingerprint density at radius 2 is 2.31 bits per heavy atom. The molecule has 1 aromatic heterocycles. The quantitative estimate of drug-likeness (QED) is 0.725. The maximum absolute atomic E-state index is 10.9. The van der Waals surface area contributed by atoms with Gasteiger partial charge < -0.3 is 5.73 Å². The van der Waals surface area contributed by atoms with E-state index >= 15 is 0 Å². The lowest BCUT2D eigenvalue weighted by Gasteiger charge is -2.17. The molecule has 5 heteroatoms. The van der Waals surface area contributed by atoms with Crippen molar-refractivity contribution >= 4 is 6.03 Å². The first-order valence-electron chi connectivity index (χ1n) is 4.16. The van der Waals surface area contributed by atoms with Crippen LogP contribution in [0.3, 0.4) is 0 Å². The Bertz CT molecular complexity index is 298. The fourth-order valence-corrected chi connectivity index (χ4v) is 1.05. The molecule has 0 spiro atoms. The molecule has 0 unspecified atom stereocenters. The molecule has 13 heavy (non-hydrogen) atoms. The van der Waals surface area contributed by atoms with Gasteiger partial charge in [0.15, 0.2) is 0 Å². The van der Waals surface area contributed by atoms with Crippen LogP contribution in [0.25, 0.3) is 0 Å². The van der Waals surface area contributed by atoms with Crippen LogP contribution in [-0.4, -0.2) is 22.5 Å². The standard InChI is InChI=1S/C8H14N4O/c1-4-11(8(9)13)12-5-6(2)7(3)10-12/h5H,4H2,1-3H3,(H2,9,13). The molecular formula is C8H14N4O. The van der Waals surface area contributed by atoms with Crippen molar-refractivity contribution in [1.82, 2.24) is 9.89 Å². The van der Waals surface area contributed by atoms with Gasteiger partial charge in [-0.05, 0) is 26.3 Å². The van der Waals surface area contributed by atoms with Gasteiger partial charge in [0.1, 0.15) is 0 Å². The smallest absolute Gasteiger partial charge is 0.335 e. The van der Waals surface area contributed by atoms with Crippen molar-refractivity contribution in [3.63, 3.8) is 0 Å². The van der Waals surface area contributed by atoms with Gasteiger partial charge in [0.25, 0.3) is 0 Å². The van der Waals surface area contributed by atoms with Crippen LogP contribution in [0.5, 0.6) is 0 Å². The molecule has 0 saturated carbocycles. The highest BCUT2D eigenvalue weighted by atomic mass is 16.2. The molecule has 0 aliphatic rings. The van der Waals surface area contributed by atoms with E-state index in [2.05, 4.69) is 5.10 Å². The predicted octanol–water partition coefficient (Wildman–Crippen LogP) is 0.537. The molecule has 1 heterocycles. The molecule has 0 radical (unpaired) electrons. The molecule has 5 nitrogen and oxygen atoms in total. The zero-order chi connectivity index (χ0) is 10.0. The number of urea groups is 1. The molecule has 0 fully saturated rings. The van der Waals surface area contributed by atoms with Crippen molar-refractivity contribution in [2.24, 2.45) is 5.73 Å². The fraction of sp³-hybridized carbons (Fsp3) is 0.500. The minimum absolute atomic E-state index is 0.495. The summed E-state index contributed by atoms with van der Waals surface area (Å²) >= 11 is 0. The van der Waals surface area contributed by atoms with Crippen LogP contribution in [0.2, 0.25) is 0 Å². The molecule has 2 amide bonds. The van der Waals surface area contributed by atoms with Gasteiger partial charge in [-0.25, -0.2) is 9.80 Å². The summed E-state index contributed by atoms with van der Waals surface area (Å²) in [5.41, 5.74) is 7.11. The van der Waals surface area contributed by atoms with Gasteiger partial charge in [-0.2, -0.15) is 9.89 Å². The summed E-state index contributed by atoms with van der Waals surface area (Å²) in [6.45, 7) is 6.18. The fourth-order valence-electron chi connectivity index (χ4n) is 1.05. The third kappa shape index (κ3) is 1.80. The van der Waals surface area contributed by atoms with Crippen molar-refractivity contribution in [3.05, 3.63) is 17.5 Å². The maximum atomic E-state index is 10.9. The molecular weight excluding hydrogens is 168 g/mol. The zero-order valence-corrected chi connectivity index (χ0v) is 8.11. The minimum atomic E-state index is -0.495. The number of aryl methyl sites for hydroxylation is 2. The van der Waals surface area contributed by atoms with Crippen molar-refractivity contribution in [2.45, 2.75) is 20.8 Å². The predicted molar refractivity (Wildman–Crippen MR) is 50.0 cm³/mol. The van der Waals surface area contributed by atoms with Crippen LogP contribution in [0.4, 0.5) is 4.79 Å². The minimum Gasteiger partial charge on any atom is -0.350 e. The summed E-state index contributed by atoms with van der Waals surface area (Å²) in [6.07, 6.45) is 1.78. The largest absolute Gasteiger partial charge is 0.350 e. The van der Waals surface area contributed by atoms with Gasteiger partial charge in [-0.3, -0.25) is 0 Å². The van der Waals surface area contributed by atoms with E-state index in [1.807, 2.05) is 20.8 Å². The van der Waals surface area contributed by atoms with Crippen LogP contribution < -0.4 is 10.7 Å². The number of carbonyl (C=O) groups is 1. The Labute approximate surface area is 77.1 Å². The first-order valence-corrected chi connectivity index (χ1v) is 4.16. The molecule has 0 atom stereocenters. The third-order valence-electron chi connectivity index (χ3n) is 1.93. The van der Waals surface area contributed by atoms with E-state index in [0.717, 1.165) is 11.3 Å². The first-order chi connectivity index (χ1) is 6.06. The van der Waals surface area contributed by atoms with Crippen molar-refractivity contribution in [1.29, 1.82) is 0 Å². The summed E-state index contributed by atoms with van der Waals surface area (Å²) in [7, 11) is 0. The third-order valence-corrected chi connectivity index (χ3v) is 1.93. The molecule has 1 aromatic rings. The number of nitrogens with two attached hydrogens (primary N) is 1. The lowest BCUT2D eigenvalue weighted by atomic mass is 10.3. The number of amides is 2. The van der Waals surface area contributed by atoms with Gasteiger partial charge in [0, 0.05) is 6.54 Å². The average Bonchev–Trinajstić information content (AvgIpc) is 2.32. The SMILES string of the molecule is CCN(C(N)=O)n1cc(C)c(C)n1. The molecule has 0 aliphatic heterocycles. The van der Waals surface area contributed by atoms with E-state index in [1.54, 1.807) is 6.20 Å². The van der Waals surface area contributed by atoms with Gasteiger partial charge >= 0.3 is 6.03 Å². The molecule has 0 aromatic carbocycles. The molecule has 72 valence electrons. The second-order valence-corrected chi connectivity index (χ2v) is 2.87. The Hall–Kier alpha value is -1.52. The van der Waals surface area contributed by atoms with E-state index < -0.39 is 6.03 Å². The van der Waals surface area contributed by atoms with E-state index in [-0.39, 0.29) is 0 Å². The second-order valence-electron chi connectivity index (χ2n) is 2.87. The summed E-state index contributed by atoms with van der Waals surface area (Å²) in [5, 5.41) is 5.51. The Morgan fingerprint density at radius 1 is 1.69 bits per heavy atom. The Kier molecular flexibility index (Phi) is 2.55. The number of primary amides is 1. The molecule has 2 N–H and O–H groups in total. The number of nitrogens with zero attached hydrogens (tertiary/aromatic N) is 3. The molecule has 0 saturated heterocycles. The first kappa shape index (κ1) is 9.57. The topological polar surface area (TPSA) is 64.2 Å². The number of rotatable bonds is 2. The maximum Gasteiger partial charge on any atom is 0.335 e. The van der Waals surface area contributed by atoms with E-state index in [1.165, 1.54) is 9.80 Å². The summed E-state index contributed by atoms with van der Waals surface area (Å²) in [6, 6.07) is -0.495. The highest BCUT2D eigenvalue weighted by Crippen LogP contribution is 2.03. The Balaban J connectivity index is 2.98.